The van der Waals surface area contributed by atoms with Crippen LogP contribution in [0.4, 0.5) is 0 Å². The second-order valence-electron chi connectivity index (χ2n) is 6.97. The summed E-state index contributed by atoms with van der Waals surface area (Å²) in [7, 11) is 0. The number of amides is 1. The Hall–Kier alpha value is -0.290. The molecular formula is C16H28N2OS2. The third-order valence-corrected chi connectivity index (χ3v) is 6.09. The molecule has 2 atom stereocenters. The molecule has 3 nitrogen and oxygen atoms in total. The van der Waals surface area contributed by atoms with Gasteiger partial charge in [-0.2, -0.15) is 0 Å². The Bertz CT molecular complexity index is 370. The highest BCUT2D eigenvalue weighted by Crippen LogP contribution is 2.23. The summed E-state index contributed by atoms with van der Waals surface area (Å²) >= 11 is 7.05. The molecule has 2 aliphatic rings. The van der Waals surface area contributed by atoms with Gasteiger partial charge in [-0.05, 0) is 37.0 Å². The van der Waals surface area contributed by atoms with Gasteiger partial charge in [0.15, 0.2) is 0 Å². The van der Waals surface area contributed by atoms with Crippen LogP contribution < -0.4 is 0 Å². The van der Waals surface area contributed by atoms with E-state index in [0.29, 0.717) is 17.6 Å². The van der Waals surface area contributed by atoms with Gasteiger partial charge >= 0.3 is 0 Å². The number of rotatable bonds is 2. The average Bonchev–Trinajstić information content (AvgIpc) is 2.44. The molecule has 2 heterocycles. The largest absolute Gasteiger partial charge is 0.357 e. The van der Waals surface area contributed by atoms with Gasteiger partial charge in [0.25, 0.3) is 0 Å². The number of nitrogens with zero attached hydrogens (tertiary/aromatic N) is 2. The van der Waals surface area contributed by atoms with E-state index in [2.05, 4.69) is 25.7 Å². The quantitative estimate of drug-likeness (QED) is 0.726. The normalized spacial score (nSPS) is 27.8. The summed E-state index contributed by atoms with van der Waals surface area (Å²) in [5.41, 5.74) is 0. The van der Waals surface area contributed by atoms with E-state index in [4.69, 9.17) is 12.2 Å². The van der Waals surface area contributed by atoms with Crippen molar-refractivity contribution in [3.8, 4) is 0 Å². The third-order valence-electron chi connectivity index (χ3n) is 4.58. The molecule has 0 aromatic rings. The number of carbonyl (C=O) groups excluding carboxylic acids is 1. The van der Waals surface area contributed by atoms with Gasteiger partial charge in [-0.1, -0.05) is 44.8 Å². The summed E-state index contributed by atoms with van der Waals surface area (Å²) in [6.07, 6.45) is 3.67. The maximum atomic E-state index is 12.4. The summed E-state index contributed by atoms with van der Waals surface area (Å²) in [6.45, 7) is 10.7. The molecule has 5 heteroatoms. The zero-order valence-corrected chi connectivity index (χ0v) is 15.1. The fraction of sp³-hybridized carbons (Fsp3) is 0.875. The first-order chi connectivity index (χ1) is 9.95. The maximum Gasteiger partial charge on any atom is 0.233 e. The number of hydrogen-bond acceptors (Lipinski definition) is 3. The van der Waals surface area contributed by atoms with E-state index in [1.54, 1.807) is 11.8 Å². The van der Waals surface area contributed by atoms with Crippen LogP contribution in [0.25, 0.3) is 0 Å². The van der Waals surface area contributed by atoms with Crippen LogP contribution in [0.5, 0.6) is 0 Å². The van der Waals surface area contributed by atoms with Crippen molar-refractivity contribution in [2.75, 3.05) is 31.9 Å². The Morgan fingerprint density at radius 1 is 1.05 bits per heavy atom. The smallest absolute Gasteiger partial charge is 0.233 e. The minimum absolute atomic E-state index is 0.256. The number of piperidine rings is 2. The van der Waals surface area contributed by atoms with Crippen LogP contribution in [0.1, 0.15) is 40.0 Å². The van der Waals surface area contributed by atoms with Crippen LogP contribution in [-0.4, -0.2) is 52.0 Å². The number of thioether (sulfide) groups is 1. The second kappa shape index (κ2) is 7.82. The lowest BCUT2D eigenvalue weighted by Gasteiger charge is -2.35. The summed E-state index contributed by atoms with van der Waals surface area (Å²) in [6, 6.07) is 0. The van der Waals surface area contributed by atoms with Crippen LogP contribution in [0, 0.1) is 17.8 Å². The Balaban J connectivity index is 1.74. The van der Waals surface area contributed by atoms with Crippen LogP contribution in [0.3, 0.4) is 0 Å². The number of hydrogen-bond donors (Lipinski definition) is 0. The minimum Gasteiger partial charge on any atom is -0.357 e. The van der Waals surface area contributed by atoms with Crippen molar-refractivity contribution in [3.63, 3.8) is 0 Å². The molecular weight excluding hydrogens is 300 g/mol. The molecule has 2 rings (SSSR count). The number of likely N-dealkylation sites (tertiary alicyclic amines) is 2. The van der Waals surface area contributed by atoms with Gasteiger partial charge in [0, 0.05) is 26.2 Å². The highest BCUT2D eigenvalue weighted by atomic mass is 32.2. The molecule has 2 aliphatic heterocycles. The van der Waals surface area contributed by atoms with Crippen LogP contribution in [0.15, 0.2) is 0 Å². The molecule has 0 saturated carbocycles. The third kappa shape index (κ3) is 5.13. The van der Waals surface area contributed by atoms with Crippen LogP contribution in [0.2, 0.25) is 0 Å². The molecule has 0 aromatic heterocycles. The molecule has 0 N–H and O–H groups in total. The molecule has 0 radical (unpaired) electrons. The first kappa shape index (κ1) is 17.1. The first-order valence-electron chi connectivity index (χ1n) is 8.15. The van der Waals surface area contributed by atoms with Gasteiger partial charge in [0.05, 0.1) is 5.75 Å². The second-order valence-corrected chi connectivity index (χ2v) is 8.58. The van der Waals surface area contributed by atoms with Crippen LogP contribution >= 0.6 is 24.0 Å². The van der Waals surface area contributed by atoms with Crippen molar-refractivity contribution >= 4 is 34.2 Å². The van der Waals surface area contributed by atoms with Crippen molar-refractivity contribution in [1.29, 1.82) is 0 Å². The Kier molecular flexibility index (Phi) is 6.35. The van der Waals surface area contributed by atoms with Gasteiger partial charge in [-0.25, -0.2) is 0 Å². The summed E-state index contributed by atoms with van der Waals surface area (Å²) in [4.78, 5) is 16.7. The van der Waals surface area contributed by atoms with Crippen molar-refractivity contribution in [1.82, 2.24) is 9.80 Å². The topological polar surface area (TPSA) is 23.6 Å². The standard InChI is InChI=1S/C16H28N2OS2/c1-12-4-6-17(7-5-12)16(20)21-11-15(19)18-9-13(2)8-14(3)10-18/h12-14H,4-11H2,1-3H3. The van der Waals surface area contributed by atoms with Gasteiger partial charge in [-0.3, -0.25) is 4.79 Å². The van der Waals surface area contributed by atoms with Crippen molar-refractivity contribution in [2.45, 2.75) is 40.0 Å². The zero-order chi connectivity index (χ0) is 15.4. The van der Waals surface area contributed by atoms with Gasteiger partial charge < -0.3 is 9.80 Å². The minimum atomic E-state index is 0.256. The van der Waals surface area contributed by atoms with Gasteiger partial charge in [0.1, 0.15) is 4.32 Å². The Morgan fingerprint density at radius 3 is 2.19 bits per heavy atom. The van der Waals surface area contributed by atoms with Crippen molar-refractivity contribution < 1.29 is 4.79 Å². The molecule has 0 aliphatic carbocycles. The van der Waals surface area contributed by atoms with Crippen molar-refractivity contribution in [2.24, 2.45) is 17.8 Å². The molecule has 2 saturated heterocycles. The van der Waals surface area contributed by atoms with Crippen molar-refractivity contribution in [3.05, 3.63) is 0 Å². The van der Waals surface area contributed by atoms with E-state index in [1.165, 1.54) is 19.3 Å². The molecule has 0 bridgehead atoms. The van der Waals surface area contributed by atoms with E-state index < -0.39 is 0 Å². The SMILES string of the molecule is CC1CCN(C(=S)SCC(=O)N2CC(C)CC(C)C2)CC1. The van der Waals surface area contributed by atoms with E-state index in [-0.39, 0.29) is 5.91 Å². The Labute approximate surface area is 138 Å². The molecule has 0 aromatic carbocycles. The maximum absolute atomic E-state index is 12.4. The highest BCUT2D eigenvalue weighted by molar-refractivity contribution is 8.23. The molecule has 120 valence electrons. The van der Waals surface area contributed by atoms with E-state index in [9.17, 15) is 4.79 Å². The summed E-state index contributed by atoms with van der Waals surface area (Å²) < 4.78 is 0.911. The monoisotopic (exact) mass is 328 g/mol. The molecule has 2 unspecified atom stereocenters. The molecule has 1 amide bonds. The summed E-state index contributed by atoms with van der Waals surface area (Å²) in [5.74, 6) is 2.82. The van der Waals surface area contributed by atoms with Gasteiger partial charge in [-0.15, -0.1) is 0 Å². The van der Waals surface area contributed by atoms with E-state index in [1.807, 2.05) is 4.90 Å². The molecule has 21 heavy (non-hydrogen) atoms. The van der Waals surface area contributed by atoms with Gasteiger partial charge in [0.2, 0.25) is 5.91 Å². The predicted octanol–water partition coefficient (Wildman–Crippen LogP) is 3.24. The Morgan fingerprint density at radius 2 is 1.62 bits per heavy atom. The fourth-order valence-electron chi connectivity index (χ4n) is 3.36. The molecule has 0 spiro atoms. The first-order valence-corrected chi connectivity index (χ1v) is 9.54. The fourth-order valence-corrected chi connectivity index (χ4v) is 4.52. The number of thiocarbonyl (C=S) groups is 1. The lowest BCUT2D eigenvalue weighted by Crippen LogP contribution is -2.44. The lowest BCUT2D eigenvalue weighted by atomic mass is 9.92. The van der Waals surface area contributed by atoms with Crippen LogP contribution in [-0.2, 0) is 4.79 Å². The van der Waals surface area contributed by atoms with E-state index in [0.717, 1.165) is 36.4 Å². The molecule has 2 fully saturated rings. The summed E-state index contributed by atoms with van der Waals surface area (Å²) in [5, 5.41) is 0. The van der Waals surface area contributed by atoms with E-state index >= 15 is 0 Å². The average molecular weight is 329 g/mol. The predicted molar refractivity (Wildman–Crippen MR) is 94.6 cm³/mol. The highest BCUT2D eigenvalue weighted by Gasteiger charge is 2.26. The zero-order valence-electron chi connectivity index (χ0n) is 13.5. The lowest BCUT2D eigenvalue weighted by molar-refractivity contribution is -0.130. The number of carbonyl (C=O) groups is 1.